The van der Waals surface area contributed by atoms with Crippen LogP contribution in [-0.2, 0) is 13.9 Å². The van der Waals surface area contributed by atoms with E-state index in [1.807, 2.05) is 0 Å². The number of hydrogen-bond donors (Lipinski definition) is 3. The van der Waals surface area contributed by atoms with Gasteiger partial charge in [0.2, 0.25) is 0 Å². The van der Waals surface area contributed by atoms with Crippen LogP contribution < -0.4 is 9.79 Å². The molecule has 3 unspecified atom stereocenters. The van der Waals surface area contributed by atoms with Gasteiger partial charge in [-0.2, -0.15) is 0 Å². The van der Waals surface area contributed by atoms with Crippen molar-refractivity contribution in [3.05, 3.63) is 0 Å². The maximum Gasteiger partial charge on any atom is 0.189 e. The first-order valence-corrected chi connectivity index (χ1v) is 5.34. The Morgan fingerprint density at radius 2 is 1.87 bits per heavy atom. The molecule has 0 aliphatic rings. The van der Waals surface area contributed by atoms with Crippen molar-refractivity contribution < 1.29 is 39.0 Å². The van der Waals surface area contributed by atoms with E-state index >= 15 is 0 Å². The van der Waals surface area contributed by atoms with Crippen LogP contribution >= 0.6 is 7.82 Å². The topological polar surface area (TPSA) is 150 Å². The molecule has 90 valence electrons. The van der Waals surface area contributed by atoms with Crippen molar-refractivity contribution in [3.8, 4) is 0 Å². The van der Waals surface area contributed by atoms with Crippen LogP contribution in [0.3, 0.4) is 0 Å². The maximum absolute atomic E-state index is 10.9. The largest absolute Gasteiger partial charge is 0.790 e. The first kappa shape index (κ1) is 14.7. The first-order chi connectivity index (χ1) is 6.65. The number of phosphoric ester groups is 1. The molecule has 3 N–H and O–H groups in total. The van der Waals surface area contributed by atoms with Crippen molar-refractivity contribution in [1.29, 1.82) is 0 Å². The summed E-state index contributed by atoms with van der Waals surface area (Å²) in [5.74, 6) is -1.21. The monoisotopic (exact) mass is 242 g/mol. The molecule has 8 nitrogen and oxygen atoms in total. The minimum atomic E-state index is -5.29. The summed E-state index contributed by atoms with van der Waals surface area (Å²) in [5, 5.41) is 26.8. The summed E-state index contributed by atoms with van der Waals surface area (Å²) in [6, 6.07) is 0. The summed E-state index contributed by atoms with van der Waals surface area (Å²) < 4.78 is 13.6. The van der Waals surface area contributed by atoms with Crippen molar-refractivity contribution in [3.63, 3.8) is 0 Å². The number of carbonyl (C=O) groups is 1. The lowest BCUT2D eigenvalue weighted by Gasteiger charge is -2.29. The van der Waals surface area contributed by atoms with E-state index in [4.69, 9.17) is 15.3 Å². The molecular formula is C6H11O8P-2. The second-order valence-corrected chi connectivity index (χ2v) is 4.02. The van der Waals surface area contributed by atoms with Gasteiger partial charge in [0.15, 0.2) is 5.78 Å². The Hall–Kier alpha value is -0.340. The van der Waals surface area contributed by atoms with Gasteiger partial charge in [0.25, 0.3) is 0 Å². The second-order valence-electron chi connectivity index (χ2n) is 2.86. The summed E-state index contributed by atoms with van der Waals surface area (Å²) in [7, 11) is -5.29. The summed E-state index contributed by atoms with van der Waals surface area (Å²) in [6.45, 7) is -0.0522. The van der Waals surface area contributed by atoms with Crippen LogP contribution in [0.1, 0.15) is 6.92 Å². The Bertz CT molecular complexity index is 258. The molecule has 0 aliphatic carbocycles. The van der Waals surface area contributed by atoms with Crippen LogP contribution in [-0.4, -0.2) is 46.0 Å². The summed E-state index contributed by atoms with van der Waals surface area (Å²) >= 11 is 0. The number of ketones is 1. The third-order valence-electron chi connectivity index (χ3n) is 1.51. The lowest BCUT2D eigenvalue weighted by atomic mass is 10.1. The molecule has 3 atom stereocenters. The average Bonchev–Trinajstić information content (AvgIpc) is 2.10. The van der Waals surface area contributed by atoms with E-state index in [1.54, 1.807) is 0 Å². The van der Waals surface area contributed by atoms with Gasteiger partial charge in [-0.3, -0.25) is 4.79 Å². The fourth-order valence-electron chi connectivity index (χ4n) is 0.682. The molecule has 0 radical (unpaired) electrons. The normalized spacial score (nSPS) is 18.3. The standard InChI is InChI=1S/C6H13O8P/c1-3(7)5(9)6(10)4(8)2-14-15(11,12)13/h3,5-7,9-10H,2H2,1H3,(H2,11,12,13)/p-2. The lowest BCUT2D eigenvalue weighted by molar-refractivity contribution is -0.341. The minimum absolute atomic E-state index is 1.12. The Kier molecular flexibility index (Phi) is 5.54. The second kappa shape index (κ2) is 5.66. The van der Waals surface area contributed by atoms with Crippen LogP contribution in [0.5, 0.6) is 0 Å². The van der Waals surface area contributed by atoms with E-state index in [1.165, 1.54) is 0 Å². The van der Waals surface area contributed by atoms with Gasteiger partial charge >= 0.3 is 0 Å². The van der Waals surface area contributed by atoms with Gasteiger partial charge in [-0.15, -0.1) is 0 Å². The van der Waals surface area contributed by atoms with E-state index in [0.717, 1.165) is 6.92 Å². The van der Waals surface area contributed by atoms with Gasteiger partial charge in [0, 0.05) is 0 Å². The molecule has 0 rings (SSSR count). The Balaban J connectivity index is 4.17. The first-order valence-electron chi connectivity index (χ1n) is 3.88. The molecule has 0 saturated carbocycles. The van der Waals surface area contributed by atoms with Gasteiger partial charge < -0.3 is 34.2 Å². The summed E-state index contributed by atoms with van der Waals surface area (Å²) in [4.78, 5) is 30.8. The van der Waals surface area contributed by atoms with Gasteiger partial charge in [-0.25, -0.2) is 0 Å². The molecule has 0 aliphatic heterocycles. The SMILES string of the molecule is CC(O)C(O)C(O)C(=O)COP(=O)([O-])[O-]. The van der Waals surface area contributed by atoms with Crippen molar-refractivity contribution in [2.45, 2.75) is 25.2 Å². The van der Waals surface area contributed by atoms with Gasteiger partial charge in [-0.05, 0) is 6.92 Å². The third kappa shape index (κ3) is 5.95. The molecule has 0 aromatic heterocycles. The van der Waals surface area contributed by atoms with Gasteiger partial charge in [0.1, 0.15) is 18.8 Å². The van der Waals surface area contributed by atoms with Gasteiger partial charge in [-0.1, -0.05) is 0 Å². The smallest absolute Gasteiger partial charge is 0.189 e. The molecule has 0 aromatic rings. The average molecular weight is 242 g/mol. The van der Waals surface area contributed by atoms with Crippen molar-refractivity contribution in [2.24, 2.45) is 0 Å². The molecule has 0 saturated heterocycles. The molecule has 0 fully saturated rings. The number of Topliss-reactive ketones (excluding diaryl/α,β-unsaturated/α-hetero) is 1. The zero-order chi connectivity index (χ0) is 12.2. The molecule has 0 heterocycles. The third-order valence-corrected chi connectivity index (χ3v) is 1.96. The van der Waals surface area contributed by atoms with Gasteiger partial charge in [0.05, 0.1) is 13.9 Å². The van der Waals surface area contributed by atoms with Crippen LogP contribution in [0.4, 0.5) is 0 Å². The highest BCUT2D eigenvalue weighted by Gasteiger charge is 2.27. The van der Waals surface area contributed by atoms with Crippen molar-refractivity contribution in [1.82, 2.24) is 0 Å². The number of rotatable bonds is 6. The van der Waals surface area contributed by atoms with Crippen molar-refractivity contribution >= 4 is 13.6 Å². The molecule has 0 aromatic carbocycles. The zero-order valence-corrected chi connectivity index (χ0v) is 8.66. The maximum atomic E-state index is 10.9. The molecule has 15 heavy (non-hydrogen) atoms. The summed E-state index contributed by atoms with van der Waals surface area (Å²) in [5.41, 5.74) is 0. The number of phosphoric acid groups is 1. The summed E-state index contributed by atoms with van der Waals surface area (Å²) in [6.07, 6.45) is -5.15. The van der Waals surface area contributed by atoms with Crippen LogP contribution in [0.25, 0.3) is 0 Å². The Morgan fingerprint density at radius 1 is 1.40 bits per heavy atom. The minimum Gasteiger partial charge on any atom is -0.790 e. The fourth-order valence-corrected chi connectivity index (χ4v) is 0.968. The van der Waals surface area contributed by atoms with E-state index in [0.29, 0.717) is 0 Å². The quantitative estimate of drug-likeness (QED) is 0.406. The predicted octanol–water partition coefficient (Wildman–Crippen LogP) is -3.50. The number of hydrogen-bond acceptors (Lipinski definition) is 8. The lowest BCUT2D eigenvalue weighted by Crippen LogP contribution is -2.42. The highest BCUT2D eigenvalue weighted by molar-refractivity contribution is 7.43. The number of aliphatic hydroxyl groups excluding tert-OH is 3. The predicted molar refractivity (Wildman–Crippen MR) is 42.3 cm³/mol. The van der Waals surface area contributed by atoms with E-state index in [-0.39, 0.29) is 0 Å². The number of carbonyl (C=O) groups excluding carboxylic acids is 1. The van der Waals surface area contributed by atoms with E-state index in [2.05, 4.69) is 4.52 Å². The zero-order valence-electron chi connectivity index (χ0n) is 7.77. The van der Waals surface area contributed by atoms with Crippen molar-refractivity contribution in [2.75, 3.05) is 6.61 Å². The highest BCUT2D eigenvalue weighted by Crippen LogP contribution is 2.24. The molecule has 0 bridgehead atoms. The molecule has 0 spiro atoms. The molecule has 0 amide bonds. The van der Waals surface area contributed by atoms with E-state index < -0.39 is 38.5 Å². The molecular weight excluding hydrogens is 231 g/mol. The fraction of sp³-hybridized carbons (Fsp3) is 0.833. The van der Waals surface area contributed by atoms with Crippen LogP contribution in [0.2, 0.25) is 0 Å². The number of aliphatic hydroxyl groups is 3. The molecule has 9 heteroatoms. The van der Waals surface area contributed by atoms with Crippen LogP contribution in [0, 0.1) is 0 Å². The highest BCUT2D eigenvalue weighted by atomic mass is 31.2. The van der Waals surface area contributed by atoms with E-state index in [9.17, 15) is 19.1 Å². The van der Waals surface area contributed by atoms with Crippen LogP contribution in [0.15, 0.2) is 0 Å². The Morgan fingerprint density at radius 3 is 2.20 bits per heavy atom. The Labute approximate surface area is 85.4 Å².